The highest BCUT2D eigenvalue weighted by atomic mass is 35.5. The van der Waals surface area contributed by atoms with Crippen molar-refractivity contribution < 1.29 is 0 Å². The van der Waals surface area contributed by atoms with Gasteiger partial charge in [0.05, 0.1) is 23.3 Å². The number of hydrogen-bond donors (Lipinski definition) is 1. The fourth-order valence-corrected chi connectivity index (χ4v) is 4.01. The molecule has 2 aromatic rings. The van der Waals surface area contributed by atoms with Gasteiger partial charge < -0.3 is 5.32 Å². The van der Waals surface area contributed by atoms with Crippen molar-refractivity contribution in [1.82, 2.24) is 14.6 Å². The van der Waals surface area contributed by atoms with Crippen LogP contribution in [0.5, 0.6) is 0 Å². The first-order valence-electron chi connectivity index (χ1n) is 9.23. The van der Waals surface area contributed by atoms with E-state index in [1.54, 1.807) is 0 Å². The second-order valence-corrected chi connectivity index (χ2v) is 7.72. The number of nitriles is 1. The van der Waals surface area contributed by atoms with E-state index in [0.29, 0.717) is 5.92 Å². The fraction of sp³-hybridized carbons (Fsp3) is 0.450. The normalized spacial score (nSPS) is 25.7. The lowest BCUT2D eigenvalue weighted by Crippen LogP contribution is -2.21. The van der Waals surface area contributed by atoms with Crippen LogP contribution < -0.4 is 5.32 Å². The Hall–Kier alpha value is -2.32. The van der Waals surface area contributed by atoms with Gasteiger partial charge in [-0.3, -0.25) is 0 Å². The number of aromatic nitrogens is 3. The predicted octanol–water partition coefficient (Wildman–Crippen LogP) is 4.42. The van der Waals surface area contributed by atoms with Crippen LogP contribution in [0.1, 0.15) is 37.8 Å². The van der Waals surface area contributed by atoms with Crippen molar-refractivity contribution in [2.45, 2.75) is 37.5 Å². The number of imidazole rings is 1. The Kier molecular flexibility index (Phi) is 4.94. The lowest BCUT2D eigenvalue weighted by atomic mass is 9.83. The first kappa shape index (κ1) is 17.1. The van der Waals surface area contributed by atoms with E-state index >= 15 is 0 Å². The van der Waals surface area contributed by atoms with Crippen LogP contribution in [0.4, 0.5) is 5.82 Å². The lowest BCUT2D eigenvalue weighted by molar-refractivity contribution is 0.327. The third-order valence-corrected chi connectivity index (χ3v) is 5.62. The molecule has 2 heterocycles. The number of anilines is 1. The molecule has 0 spiro atoms. The summed E-state index contributed by atoms with van der Waals surface area (Å²) in [7, 11) is 0. The highest BCUT2D eigenvalue weighted by molar-refractivity contribution is 6.22. The van der Waals surface area contributed by atoms with Crippen molar-refractivity contribution in [3.63, 3.8) is 0 Å². The Morgan fingerprint density at radius 2 is 2.12 bits per heavy atom. The molecule has 0 amide bonds. The van der Waals surface area contributed by atoms with Gasteiger partial charge in [-0.25, -0.2) is 9.50 Å². The van der Waals surface area contributed by atoms with E-state index in [9.17, 15) is 0 Å². The van der Waals surface area contributed by atoms with Crippen LogP contribution in [0.15, 0.2) is 36.6 Å². The number of nitrogens with one attached hydrogen (secondary N) is 1. The standard InChI is InChI=1S/C20H22ClN5/c21-17-3-1-2-16(10-17)18-13-24-20-9-8-19(25-26(18)20)23-12-15-6-4-14(11-22)5-7-15/h1-3,8-9,13-15,17H,4-7,10,12H2,(H,23,25). The van der Waals surface area contributed by atoms with Gasteiger partial charge in [0.25, 0.3) is 0 Å². The average Bonchev–Trinajstić information content (AvgIpc) is 3.10. The summed E-state index contributed by atoms with van der Waals surface area (Å²) in [5.41, 5.74) is 2.98. The number of nitrogens with zero attached hydrogens (tertiary/aromatic N) is 4. The van der Waals surface area contributed by atoms with Crippen LogP contribution in [0.25, 0.3) is 11.2 Å². The summed E-state index contributed by atoms with van der Waals surface area (Å²) in [5.74, 6) is 1.72. The van der Waals surface area contributed by atoms with Crippen molar-refractivity contribution in [3.8, 4) is 6.07 Å². The number of allylic oxidation sites excluding steroid dienone is 4. The molecular formula is C20H22ClN5. The van der Waals surface area contributed by atoms with Crippen LogP contribution in [-0.4, -0.2) is 26.5 Å². The maximum atomic E-state index is 9.01. The van der Waals surface area contributed by atoms with Gasteiger partial charge in [-0.15, -0.1) is 16.7 Å². The van der Waals surface area contributed by atoms with E-state index < -0.39 is 0 Å². The van der Waals surface area contributed by atoms with Gasteiger partial charge in [-0.05, 0) is 55.7 Å². The zero-order valence-electron chi connectivity index (χ0n) is 14.6. The number of fused-ring (bicyclic) bond motifs is 1. The third-order valence-electron chi connectivity index (χ3n) is 5.32. The number of halogens is 1. The summed E-state index contributed by atoms with van der Waals surface area (Å²) in [6.07, 6.45) is 13.0. The van der Waals surface area contributed by atoms with Gasteiger partial charge in [-0.2, -0.15) is 5.26 Å². The highest BCUT2D eigenvalue weighted by Gasteiger charge is 2.21. The molecule has 1 N–H and O–H groups in total. The summed E-state index contributed by atoms with van der Waals surface area (Å²) in [6, 6.07) is 6.36. The van der Waals surface area contributed by atoms with Crippen molar-refractivity contribution in [3.05, 3.63) is 42.3 Å². The maximum Gasteiger partial charge on any atom is 0.154 e. The van der Waals surface area contributed by atoms with Gasteiger partial charge in [-0.1, -0.05) is 18.2 Å². The largest absolute Gasteiger partial charge is 0.368 e. The minimum absolute atomic E-state index is 0.0189. The lowest BCUT2D eigenvalue weighted by Gasteiger charge is -2.25. The molecule has 5 nitrogen and oxygen atoms in total. The Morgan fingerprint density at radius 3 is 2.88 bits per heavy atom. The van der Waals surface area contributed by atoms with Gasteiger partial charge in [0, 0.05) is 12.5 Å². The quantitative estimate of drug-likeness (QED) is 0.812. The van der Waals surface area contributed by atoms with Crippen LogP contribution in [0.2, 0.25) is 0 Å². The van der Waals surface area contributed by atoms with Crippen molar-refractivity contribution in [2.75, 3.05) is 11.9 Å². The summed E-state index contributed by atoms with van der Waals surface area (Å²) in [5, 5.41) is 17.2. The maximum absolute atomic E-state index is 9.01. The molecule has 1 saturated carbocycles. The molecule has 2 aliphatic carbocycles. The zero-order valence-corrected chi connectivity index (χ0v) is 15.4. The molecule has 6 heteroatoms. The SMILES string of the molecule is N#CC1CCC(CNc2ccc3ncc(C4=CC=CC(Cl)C4)n3n2)CC1. The summed E-state index contributed by atoms with van der Waals surface area (Å²) in [4.78, 5) is 4.46. The zero-order chi connectivity index (χ0) is 17.9. The minimum atomic E-state index is 0.0189. The van der Waals surface area contributed by atoms with Crippen molar-refractivity contribution in [1.29, 1.82) is 5.26 Å². The second-order valence-electron chi connectivity index (χ2n) is 7.16. The first-order chi connectivity index (χ1) is 12.7. The van der Waals surface area contributed by atoms with E-state index in [2.05, 4.69) is 22.4 Å². The molecule has 1 fully saturated rings. The van der Waals surface area contributed by atoms with Crippen LogP contribution in [0, 0.1) is 23.2 Å². The molecule has 0 radical (unpaired) electrons. The molecule has 1 unspecified atom stereocenters. The molecule has 134 valence electrons. The van der Waals surface area contributed by atoms with Crippen molar-refractivity contribution in [2.24, 2.45) is 11.8 Å². The van der Waals surface area contributed by atoms with E-state index in [0.717, 1.165) is 61.4 Å². The Balaban J connectivity index is 1.47. The van der Waals surface area contributed by atoms with E-state index in [1.807, 2.05) is 35.0 Å². The van der Waals surface area contributed by atoms with Crippen LogP contribution in [0.3, 0.4) is 0 Å². The summed E-state index contributed by atoms with van der Waals surface area (Å²) < 4.78 is 1.89. The Bertz CT molecular complexity index is 883. The molecule has 26 heavy (non-hydrogen) atoms. The topological polar surface area (TPSA) is 66.0 Å². The number of alkyl halides is 1. The molecule has 0 bridgehead atoms. The molecular weight excluding hydrogens is 346 g/mol. The Morgan fingerprint density at radius 1 is 1.27 bits per heavy atom. The summed E-state index contributed by atoms with van der Waals surface area (Å²) in [6.45, 7) is 0.899. The molecule has 0 aliphatic heterocycles. The molecule has 0 aromatic carbocycles. The van der Waals surface area contributed by atoms with E-state index in [1.165, 1.54) is 0 Å². The van der Waals surface area contributed by atoms with Gasteiger partial charge in [0.1, 0.15) is 5.82 Å². The fourth-order valence-electron chi connectivity index (χ4n) is 3.76. The van der Waals surface area contributed by atoms with Gasteiger partial charge >= 0.3 is 0 Å². The molecule has 1 atom stereocenters. The minimum Gasteiger partial charge on any atom is -0.368 e. The monoisotopic (exact) mass is 367 g/mol. The van der Waals surface area contributed by atoms with Crippen molar-refractivity contribution >= 4 is 28.6 Å². The van der Waals surface area contributed by atoms with Crippen LogP contribution >= 0.6 is 11.6 Å². The third kappa shape index (κ3) is 3.61. The summed E-state index contributed by atoms with van der Waals surface area (Å²) >= 11 is 6.26. The molecule has 2 aliphatic rings. The Labute approximate surface area is 158 Å². The van der Waals surface area contributed by atoms with Gasteiger partial charge in [0.2, 0.25) is 0 Å². The number of hydrogen-bond acceptors (Lipinski definition) is 4. The van der Waals surface area contributed by atoms with E-state index in [-0.39, 0.29) is 11.3 Å². The smallest absolute Gasteiger partial charge is 0.154 e. The molecule has 4 rings (SSSR count). The van der Waals surface area contributed by atoms with E-state index in [4.69, 9.17) is 22.0 Å². The first-order valence-corrected chi connectivity index (χ1v) is 9.66. The second kappa shape index (κ2) is 7.51. The molecule has 2 aromatic heterocycles. The van der Waals surface area contributed by atoms with Gasteiger partial charge in [0.15, 0.2) is 5.65 Å². The molecule has 0 saturated heterocycles. The average molecular weight is 368 g/mol. The predicted molar refractivity (Wildman–Crippen MR) is 104 cm³/mol. The number of rotatable bonds is 4. The van der Waals surface area contributed by atoms with Crippen LogP contribution in [-0.2, 0) is 0 Å². The highest BCUT2D eigenvalue weighted by Crippen LogP contribution is 2.29.